The van der Waals surface area contributed by atoms with Gasteiger partial charge in [0.2, 0.25) is 0 Å². The molecule has 0 aliphatic carbocycles. The van der Waals surface area contributed by atoms with Crippen molar-refractivity contribution in [3.8, 4) is 11.5 Å². The molecule has 0 fully saturated rings. The summed E-state index contributed by atoms with van der Waals surface area (Å²) >= 11 is 3.31. The smallest absolute Gasteiger partial charge is 0.179 e. The van der Waals surface area contributed by atoms with E-state index in [0.29, 0.717) is 29.5 Å². The van der Waals surface area contributed by atoms with Gasteiger partial charge in [0.05, 0.1) is 24.9 Å². The van der Waals surface area contributed by atoms with Crippen molar-refractivity contribution in [2.45, 2.75) is 11.4 Å². The molecule has 5 nitrogen and oxygen atoms in total. The summed E-state index contributed by atoms with van der Waals surface area (Å²) in [6.45, 7) is 0.981. The van der Waals surface area contributed by atoms with Crippen LogP contribution >= 0.6 is 15.9 Å². The summed E-state index contributed by atoms with van der Waals surface area (Å²) in [6.07, 6.45) is 0. The summed E-state index contributed by atoms with van der Waals surface area (Å²) < 4.78 is 36.4. The highest BCUT2D eigenvalue weighted by atomic mass is 79.9. The molecule has 0 aromatic heterocycles. The lowest BCUT2D eigenvalue weighted by molar-refractivity contribution is 0.321. The zero-order valence-corrected chi connectivity index (χ0v) is 16.9. The molecule has 0 amide bonds. The molecule has 25 heavy (non-hydrogen) atoms. The van der Waals surface area contributed by atoms with Gasteiger partial charge < -0.3 is 14.4 Å². The van der Waals surface area contributed by atoms with E-state index in [9.17, 15) is 8.42 Å². The number of methoxy groups -OCH3 is 2. The van der Waals surface area contributed by atoms with Crippen LogP contribution in [0.2, 0.25) is 0 Å². The van der Waals surface area contributed by atoms with E-state index in [1.165, 1.54) is 0 Å². The highest BCUT2D eigenvalue weighted by molar-refractivity contribution is 9.10. The van der Waals surface area contributed by atoms with E-state index in [1.807, 2.05) is 30.1 Å². The Bertz CT molecular complexity index is 806. The molecule has 2 aromatic rings. The van der Waals surface area contributed by atoms with Crippen LogP contribution in [0, 0.1) is 0 Å². The summed E-state index contributed by atoms with van der Waals surface area (Å²) in [7, 11) is 1.76. The van der Waals surface area contributed by atoms with Crippen molar-refractivity contribution in [1.82, 2.24) is 4.90 Å². The minimum Gasteiger partial charge on any atom is -0.493 e. The van der Waals surface area contributed by atoms with Crippen molar-refractivity contribution in [3.05, 3.63) is 52.5 Å². The number of para-hydroxylation sites is 1. The fourth-order valence-electron chi connectivity index (χ4n) is 2.48. The Balaban J connectivity index is 2.03. The third-order valence-electron chi connectivity index (χ3n) is 3.84. The molecule has 2 rings (SSSR count). The van der Waals surface area contributed by atoms with Gasteiger partial charge in [-0.25, -0.2) is 8.42 Å². The first-order valence-electron chi connectivity index (χ1n) is 7.74. The third kappa shape index (κ3) is 5.20. The largest absolute Gasteiger partial charge is 0.493 e. The van der Waals surface area contributed by atoms with Crippen molar-refractivity contribution in [2.75, 3.05) is 33.6 Å². The van der Waals surface area contributed by atoms with Crippen molar-refractivity contribution in [1.29, 1.82) is 0 Å². The molecule has 0 saturated carbocycles. The van der Waals surface area contributed by atoms with Gasteiger partial charge in [-0.05, 0) is 37.4 Å². The molecule has 0 aliphatic rings. The molecular formula is C18H22BrNO4S. The molecule has 136 valence electrons. The van der Waals surface area contributed by atoms with Crippen LogP contribution < -0.4 is 9.47 Å². The predicted molar refractivity (Wildman–Crippen MR) is 102 cm³/mol. The first kappa shape index (κ1) is 19.8. The van der Waals surface area contributed by atoms with Gasteiger partial charge >= 0.3 is 0 Å². The van der Waals surface area contributed by atoms with Gasteiger partial charge in [0, 0.05) is 23.1 Å². The van der Waals surface area contributed by atoms with Crippen LogP contribution in [-0.4, -0.2) is 46.9 Å². The van der Waals surface area contributed by atoms with Gasteiger partial charge in [0.15, 0.2) is 21.3 Å². The van der Waals surface area contributed by atoms with Gasteiger partial charge in [-0.3, -0.25) is 0 Å². The van der Waals surface area contributed by atoms with E-state index < -0.39 is 9.84 Å². The highest BCUT2D eigenvalue weighted by Crippen LogP contribution is 2.31. The highest BCUT2D eigenvalue weighted by Gasteiger charge is 2.17. The van der Waals surface area contributed by atoms with Crippen LogP contribution in [-0.2, 0) is 16.4 Å². The predicted octanol–water partition coefficient (Wildman–Crippen LogP) is 3.37. The van der Waals surface area contributed by atoms with Gasteiger partial charge in [-0.1, -0.05) is 28.1 Å². The number of hydrogen-bond donors (Lipinski definition) is 0. The minimum atomic E-state index is -3.31. The molecule has 7 heteroatoms. The lowest BCUT2D eigenvalue weighted by Crippen LogP contribution is -2.25. The maximum absolute atomic E-state index is 12.4. The minimum absolute atomic E-state index is 0.0530. The number of nitrogens with zero attached hydrogens (tertiary/aromatic N) is 1. The first-order valence-corrected chi connectivity index (χ1v) is 10.2. The Hall–Kier alpha value is -1.57. The van der Waals surface area contributed by atoms with Gasteiger partial charge in [-0.15, -0.1) is 0 Å². The maximum Gasteiger partial charge on any atom is 0.179 e. The van der Waals surface area contributed by atoms with Gasteiger partial charge in [0.25, 0.3) is 0 Å². The fourth-order valence-corrected chi connectivity index (χ4v) is 4.09. The van der Waals surface area contributed by atoms with Crippen LogP contribution in [0.1, 0.15) is 5.56 Å². The number of sulfone groups is 1. The Morgan fingerprint density at radius 1 is 1.04 bits per heavy atom. The second kappa shape index (κ2) is 8.69. The van der Waals surface area contributed by atoms with Crippen LogP contribution in [0.3, 0.4) is 0 Å². The topological polar surface area (TPSA) is 55.8 Å². The molecule has 0 unspecified atom stereocenters. The van der Waals surface area contributed by atoms with Crippen LogP contribution in [0.4, 0.5) is 0 Å². The lowest BCUT2D eigenvalue weighted by atomic mass is 10.1. The van der Waals surface area contributed by atoms with E-state index in [4.69, 9.17) is 9.47 Å². The Kier molecular flexibility index (Phi) is 6.87. The first-order chi connectivity index (χ1) is 11.9. The number of benzene rings is 2. The summed E-state index contributed by atoms with van der Waals surface area (Å²) in [5, 5.41) is 0. The summed E-state index contributed by atoms with van der Waals surface area (Å²) in [4.78, 5) is 2.29. The molecule has 0 radical (unpaired) electrons. The lowest BCUT2D eigenvalue weighted by Gasteiger charge is -2.19. The molecule has 0 bridgehead atoms. The summed E-state index contributed by atoms with van der Waals surface area (Å²) in [5.74, 6) is 1.39. The average Bonchev–Trinajstić information content (AvgIpc) is 2.60. The normalized spacial score (nSPS) is 11.6. The van der Waals surface area contributed by atoms with Crippen LogP contribution in [0.25, 0.3) is 0 Å². The molecule has 0 N–H and O–H groups in total. The van der Waals surface area contributed by atoms with Crippen LogP contribution in [0.5, 0.6) is 11.5 Å². The van der Waals surface area contributed by atoms with Gasteiger partial charge in [-0.2, -0.15) is 0 Å². The summed E-state index contributed by atoms with van der Waals surface area (Å²) in [6, 6.07) is 12.4. The molecule has 0 heterocycles. The van der Waals surface area contributed by atoms with Crippen molar-refractivity contribution in [3.63, 3.8) is 0 Å². The third-order valence-corrected chi connectivity index (χ3v) is 6.08. The van der Waals surface area contributed by atoms with E-state index in [0.717, 1.165) is 10.0 Å². The second-order valence-electron chi connectivity index (χ2n) is 5.66. The van der Waals surface area contributed by atoms with Crippen LogP contribution in [0.15, 0.2) is 51.8 Å². The van der Waals surface area contributed by atoms with Gasteiger partial charge in [0.1, 0.15) is 0 Å². The number of halogens is 1. The Labute approximate surface area is 157 Å². The van der Waals surface area contributed by atoms with E-state index in [-0.39, 0.29) is 5.75 Å². The molecule has 0 spiro atoms. The number of rotatable bonds is 8. The zero-order chi connectivity index (χ0) is 18.4. The Morgan fingerprint density at radius 2 is 1.72 bits per heavy atom. The van der Waals surface area contributed by atoms with E-state index >= 15 is 0 Å². The molecular weight excluding hydrogens is 406 g/mol. The summed E-state index contributed by atoms with van der Waals surface area (Å²) in [5.41, 5.74) is 0.949. The number of ether oxygens (including phenoxy) is 2. The van der Waals surface area contributed by atoms with Crippen molar-refractivity contribution < 1.29 is 17.9 Å². The molecule has 0 atom stereocenters. The zero-order valence-electron chi connectivity index (χ0n) is 14.5. The number of hydrogen-bond acceptors (Lipinski definition) is 5. The standard InChI is InChI=1S/C18H22BrNO4S/c1-20(13-14-5-4-6-17(23-2)18(14)24-3)11-12-25(21,22)16-9-7-15(19)8-10-16/h4-10H,11-13H2,1-3H3. The van der Waals surface area contributed by atoms with Crippen molar-refractivity contribution in [2.24, 2.45) is 0 Å². The average molecular weight is 428 g/mol. The Morgan fingerprint density at radius 3 is 2.32 bits per heavy atom. The monoisotopic (exact) mass is 427 g/mol. The quantitative estimate of drug-likeness (QED) is 0.646. The SMILES string of the molecule is COc1cccc(CN(C)CCS(=O)(=O)c2ccc(Br)cc2)c1OC. The molecule has 0 saturated heterocycles. The van der Waals surface area contributed by atoms with Crippen molar-refractivity contribution >= 4 is 25.8 Å². The second-order valence-corrected chi connectivity index (χ2v) is 8.69. The van der Waals surface area contributed by atoms with E-state index in [2.05, 4.69) is 15.9 Å². The molecule has 2 aromatic carbocycles. The maximum atomic E-state index is 12.4. The fraction of sp³-hybridized carbons (Fsp3) is 0.333. The van der Waals surface area contributed by atoms with E-state index in [1.54, 1.807) is 38.5 Å². The molecule has 0 aliphatic heterocycles.